The predicted octanol–water partition coefficient (Wildman–Crippen LogP) is 4.34. The van der Waals surface area contributed by atoms with Crippen LogP contribution in [0.15, 0.2) is 66.7 Å². The van der Waals surface area contributed by atoms with E-state index in [4.69, 9.17) is 16.3 Å². The molecule has 1 N–H and O–H groups in total. The molecule has 1 fully saturated rings. The summed E-state index contributed by atoms with van der Waals surface area (Å²) in [7, 11) is 0. The molecule has 3 amide bonds. The number of halogens is 1. The molecule has 1 unspecified atom stereocenters. The molecule has 0 saturated carbocycles. The molecule has 1 atom stereocenters. The lowest BCUT2D eigenvalue weighted by Crippen LogP contribution is -2.41. The molecular weight excluding hydrogens is 376 g/mol. The van der Waals surface area contributed by atoms with Gasteiger partial charge in [0, 0.05) is 5.02 Å². The third-order valence-corrected chi connectivity index (χ3v) is 5.22. The molecule has 6 heteroatoms. The van der Waals surface area contributed by atoms with Gasteiger partial charge in [0.1, 0.15) is 17.9 Å². The van der Waals surface area contributed by atoms with E-state index in [1.165, 1.54) is 4.90 Å². The highest BCUT2D eigenvalue weighted by Gasteiger charge is 2.48. The van der Waals surface area contributed by atoms with Gasteiger partial charge in [0.25, 0.3) is 5.91 Å². The van der Waals surface area contributed by atoms with E-state index in [2.05, 4.69) is 5.32 Å². The standard InChI is InChI=1S/C22H19ClN2O3/c1-22(17-10-9-15-5-2-3-6-16(15)13-17)20(26)25(21(27)24-22)11-12-28-19-8-4-7-18(23)14-19/h2-10,13-14H,11-12H2,1H3,(H,24,27). The van der Waals surface area contributed by atoms with E-state index in [0.29, 0.717) is 10.8 Å². The van der Waals surface area contributed by atoms with E-state index >= 15 is 0 Å². The SMILES string of the molecule is CC1(c2ccc3ccccc3c2)NC(=O)N(CCOc2cccc(Cl)c2)C1=O. The Morgan fingerprint density at radius 3 is 2.57 bits per heavy atom. The highest BCUT2D eigenvalue weighted by atomic mass is 35.5. The van der Waals surface area contributed by atoms with Crippen LogP contribution in [0, 0.1) is 0 Å². The van der Waals surface area contributed by atoms with Gasteiger partial charge in [-0.1, -0.05) is 54.1 Å². The summed E-state index contributed by atoms with van der Waals surface area (Å²) >= 11 is 5.94. The number of nitrogens with zero attached hydrogens (tertiary/aromatic N) is 1. The maximum absolute atomic E-state index is 13.0. The number of amides is 3. The molecule has 0 spiro atoms. The van der Waals surface area contributed by atoms with Crippen molar-refractivity contribution < 1.29 is 14.3 Å². The van der Waals surface area contributed by atoms with E-state index < -0.39 is 11.6 Å². The van der Waals surface area contributed by atoms with Crippen molar-refractivity contribution in [3.05, 3.63) is 77.3 Å². The van der Waals surface area contributed by atoms with E-state index in [-0.39, 0.29) is 19.1 Å². The fourth-order valence-electron chi connectivity index (χ4n) is 3.41. The number of imide groups is 1. The largest absolute Gasteiger partial charge is 0.492 e. The number of carbonyl (C=O) groups is 2. The van der Waals surface area contributed by atoms with Crippen LogP contribution in [0.5, 0.6) is 5.75 Å². The molecule has 1 aliphatic heterocycles. The maximum atomic E-state index is 13.0. The van der Waals surface area contributed by atoms with Crippen molar-refractivity contribution in [3.63, 3.8) is 0 Å². The van der Waals surface area contributed by atoms with E-state index in [1.54, 1.807) is 31.2 Å². The summed E-state index contributed by atoms with van der Waals surface area (Å²) in [6.45, 7) is 2.07. The minimum absolute atomic E-state index is 0.153. The van der Waals surface area contributed by atoms with Gasteiger partial charge in [0.05, 0.1) is 6.54 Å². The Morgan fingerprint density at radius 1 is 1.00 bits per heavy atom. The van der Waals surface area contributed by atoms with Crippen LogP contribution in [-0.2, 0) is 10.3 Å². The van der Waals surface area contributed by atoms with Gasteiger partial charge in [0.2, 0.25) is 0 Å². The molecule has 3 aromatic carbocycles. The normalized spacial score (nSPS) is 19.1. The third-order valence-electron chi connectivity index (χ3n) is 4.98. The summed E-state index contributed by atoms with van der Waals surface area (Å²) in [6.07, 6.45) is 0. The highest BCUT2D eigenvalue weighted by Crippen LogP contribution is 2.31. The molecule has 5 nitrogen and oxygen atoms in total. The van der Waals surface area contributed by atoms with Crippen molar-refractivity contribution in [2.45, 2.75) is 12.5 Å². The van der Waals surface area contributed by atoms with Crippen molar-refractivity contribution in [2.24, 2.45) is 0 Å². The number of carbonyl (C=O) groups excluding carboxylic acids is 2. The first-order valence-corrected chi connectivity index (χ1v) is 9.37. The lowest BCUT2D eigenvalue weighted by atomic mass is 9.90. The Hall–Kier alpha value is -3.05. The molecule has 0 bridgehead atoms. The molecule has 0 radical (unpaired) electrons. The number of hydrogen-bond acceptors (Lipinski definition) is 3. The first-order valence-electron chi connectivity index (χ1n) is 8.99. The molecule has 28 heavy (non-hydrogen) atoms. The summed E-state index contributed by atoms with van der Waals surface area (Å²) in [5, 5.41) is 5.50. The molecule has 4 rings (SSSR count). The van der Waals surface area contributed by atoms with E-state index in [9.17, 15) is 9.59 Å². The number of rotatable bonds is 5. The zero-order chi connectivity index (χ0) is 19.7. The van der Waals surface area contributed by atoms with Gasteiger partial charge in [-0.2, -0.15) is 0 Å². The zero-order valence-electron chi connectivity index (χ0n) is 15.3. The smallest absolute Gasteiger partial charge is 0.325 e. The average molecular weight is 395 g/mol. The van der Waals surface area contributed by atoms with Crippen LogP contribution in [0.25, 0.3) is 10.8 Å². The Bertz CT molecular complexity index is 1070. The summed E-state index contributed by atoms with van der Waals surface area (Å²) in [5.74, 6) is 0.305. The van der Waals surface area contributed by atoms with Gasteiger partial charge in [0.15, 0.2) is 0 Å². The number of ether oxygens (including phenoxy) is 1. The van der Waals surface area contributed by atoms with Gasteiger partial charge >= 0.3 is 6.03 Å². The number of urea groups is 1. The monoisotopic (exact) mass is 394 g/mol. The Morgan fingerprint density at radius 2 is 1.79 bits per heavy atom. The maximum Gasteiger partial charge on any atom is 0.325 e. The molecule has 3 aromatic rings. The van der Waals surface area contributed by atoms with Gasteiger partial charge < -0.3 is 10.1 Å². The van der Waals surface area contributed by atoms with Crippen LogP contribution in [0.2, 0.25) is 5.02 Å². The topological polar surface area (TPSA) is 58.6 Å². The molecule has 1 saturated heterocycles. The number of fused-ring (bicyclic) bond motifs is 1. The van der Waals surface area contributed by atoms with Crippen molar-refractivity contribution in [1.82, 2.24) is 10.2 Å². The van der Waals surface area contributed by atoms with Gasteiger partial charge in [-0.25, -0.2) is 4.79 Å². The quantitative estimate of drug-likeness (QED) is 0.655. The second-order valence-electron chi connectivity index (χ2n) is 6.88. The highest BCUT2D eigenvalue weighted by molar-refractivity contribution is 6.30. The molecule has 1 aliphatic rings. The fraction of sp³-hybridized carbons (Fsp3) is 0.182. The molecular formula is C22H19ClN2O3. The minimum atomic E-state index is -1.10. The Balaban J connectivity index is 1.50. The summed E-state index contributed by atoms with van der Waals surface area (Å²) < 4.78 is 5.62. The van der Waals surface area contributed by atoms with Gasteiger partial charge in [-0.3, -0.25) is 9.69 Å². The average Bonchev–Trinajstić information content (AvgIpc) is 2.91. The molecule has 0 aromatic heterocycles. The second-order valence-corrected chi connectivity index (χ2v) is 7.32. The van der Waals surface area contributed by atoms with Crippen LogP contribution in [0.1, 0.15) is 12.5 Å². The number of benzene rings is 3. The summed E-state index contributed by atoms with van der Waals surface area (Å²) in [6, 6.07) is 20.3. The Kier molecular flexibility index (Phi) is 4.69. The van der Waals surface area contributed by atoms with Crippen LogP contribution >= 0.6 is 11.6 Å². The first-order chi connectivity index (χ1) is 13.5. The minimum Gasteiger partial charge on any atom is -0.492 e. The van der Waals surface area contributed by atoms with E-state index in [1.807, 2.05) is 42.5 Å². The summed E-state index contributed by atoms with van der Waals surface area (Å²) in [4.78, 5) is 26.7. The zero-order valence-corrected chi connectivity index (χ0v) is 16.1. The lowest BCUT2D eigenvalue weighted by molar-refractivity contribution is -0.131. The van der Waals surface area contributed by atoms with Crippen molar-refractivity contribution in [2.75, 3.05) is 13.2 Å². The molecule has 142 valence electrons. The van der Waals surface area contributed by atoms with E-state index in [0.717, 1.165) is 16.3 Å². The molecule has 1 heterocycles. The molecule has 0 aliphatic carbocycles. The Labute approximate surface area is 167 Å². The fourth-order valence-corrected chi connectivity index (χ4v) is 3.59. The van der Waals surface area contributed by atoms with Crippen LogP contribution in [0.3, 0.4) is 0 Å². The second kappa shape index (κ2) is 7.17. The third kappa shape index (κ3) is 3.29. The van der Waals surface area contributed by atoms with Crippen molar-refractivity contribution >= 4 is 34.3 Å². The van der Waals surface area contributed by atoms with Gasteiger partial charge in [-0.05, 0) is 47.5 Å². The van der Waals surface area contributed by atoms with Crippen molar-refractivity contribution in [1.29, 1.82) is 0 Å². The number of hydrogen-bond donors (Lipinski definition) is 1. The summed E-state index contributed by atoms with van der Waals surface area (Å²) in [5.41, 5.74) is -0.347. The first kappa shape index (κ1) is 18.3. The van der Waals surface area contributed by atoms with Crippen LogP contribution < -0.4 is 10.1 Å². The number of nitrogens with one attached hydrogen (secondary N) is 1. The van der Waals surface area contributed by atoms with Gasteiger partial charge in [-0.15, -0.1) is 0 Å². The lowest BCUT2D eigenvalue weighted by Gasteiger charge is -2.22. The van der Waals surface area contributed by atoms with Crippen LogP contribution in [-0.4, -0.2) is 30.0 Å². The van der Waals surface area contributed by atoms with Crippen molar-refractivity contribution in [3.8, 4) is 5.75 Å². The van der Waals surface area contributed by atoms with Crippen LogP contribution in [0.4, 0.5) is 4.79 Å². The predicted molar refractivity (Wildman–Crippen MR) is 108 cm³/mol.